The predicted molar refractivity (Wildman–Crippen MR) is 84.1 cm³/mol. The van der Waals surface area contributed by atoms with Crippen LogP contribution < -0.4 is 5.73 Å². The van der Waals surface area contributed by atoms with Gasteiger partial charge in [0.2, 0.25) is 0 Å². The molecule has 9 nitrogen and oxygen atoms in total. The van der Waals surface area contributed by atoms with Crippen LogP contribution >= 0.6 is 11.8 Å². The summed E-state index contributed by atoms with van der Waals surface area (Å²) in [4.78, 5) is 12.1. The number of anilines is 1. The zero-order valence-electron chi connectivity index (χ0n) is 13.2. The molecule has 2 aromatic rings. The molecule has 26 heavy (non-hydrogen) atoms. The van der Waals surface area contributed by atoms with Crippen molar-refractivity contribution in [3.8, 4) is 0 Å². The number of imidazole rings is 1. The van der Waals surface area contributed by atoms with E-state index in [0.29, 0.717) is 0 Å². The summed E-state index contributed by atoms with van der Waals surface area (Å²) in [5.74, 6) is -0.314. The van der Waals surface area contributed by atoms with Gasteiger partial charge in [0.05, 0.1) is 19.4 Å². The molecule has 0 amide bonds. The SMILES string of the molecule is Nc1nc(SCCC(F)(F)F)nc2c1ncn2C1OC(CO)C(O)C1O. The maximum atomic E-state index is 12.3. The minimum atomic E-state index is -4.29. The van der Waals surface area contributed by atoms with Gasteiger partial charge in [-0.1, -0.05) is 11.8 Å². The molecule has 0 aliphatic carbocycles. The van der Waals surface area contributed by atoms with Crippen LogP contribution in [0.3, 0.4) is 0 Å². The van der Waals surface area contributed by atoms with E-state index in [1.807, 2.05) is 0 Å². The molecule has 4 atom stereocenters. The molecular weight excluding hydrogens is 379 g/mol. The summed E-state index contributed by atoms with van der Waals surface area (Å²) in [6.07, 6.45) is -8.79. The van der Waals surface area contributed by atoms with Crippen molar-refractivity contribution in [2.75, 3.05) is 18.1 Å². The van der Waals surface area contributed by atoms with Crippen molar-refractivity contribution in [3.63, 3.8) is 0 Å². The molecule has 3 heterocycles. The van der Waals surface area contributed by atoms with Gasteiger partial charge in [-0.2, -0.15) is 13.2 Å². The molecule has 13 heteroatoms. The number of nitrogen functional groups attached to an aromatic ring is 1. The molecule has 1 fully saturated rings. The molecular formula is C13H16F3N5O4S. The standard InChI is InChI=1S/C13H16F3N5O4S/c14-13(15,16)1-2-26-12-19-9(17)6-10(20-12)21(4-18-6)11-8(24)7(23)5(3-22)25-11/h4-5,7-8,11,22-24H,1-3H2,(H2,17,19,20). The van der Waals surface area contributed by atoms with Crippen LogP contribution in [0.2, 0.25) is 0 Å². The average Bonchev–Trinajstić information content (AvgIpc) is 3.09. The number of alkyl halides is 3. The third-order valence-corrected chi connectivity index (χ3v) is 4.68. The Hall–Kier alpha value is -1.67. The van der Waals surface area contributed by atoms with Crippen molar-refractivity contribution < 1.29 is 33.2 Å². The topological polar surface area (TPSA) is 140 Å². The summed E-state index contributed by atoms with van der Waals surface area (Å²) in [5.41, 5.74) is 6.11. The largest absolute Gasteiger partial charge is 0.394 e. The van der Waals surface area contributed by atoms with Crippen molar-refractivity contribution in [3.05, 3.63) is 6.33 Å². The van der Waals surface area contributed by atoms with Gasteiger partial charge in [0.25, 0.3) is 0 Å². The summed E-state index contributed by atoms with van der Waals surface area (Å²) in [7, 11) is 0. The zero-order valence-corrected chi connectivity index (χ0v) is 14.0. The number of hydrogen-bond acceptors (Lipinski definition) is 9. The number of nitrogens with two attached hydrogens (primary N) is 1. The monoisotopic (exact) mass is 395 g/mol. The van der Waals surface area contributed by atoms with Gasteiger partial charge in [0.15, 0.2) is 22.8 Å². The number of nitrogens with zero attached hydrogens (tertiary/aromatic N) is 4. The van der Waals surface area contributed by atoms with Gasteiger partial charge in [0, 0.05) is 5.75 Å². The summed E-state index contributed by atoms with van der Waals surface area (Å²) < 4.78 is 43.5. The molecule has 0 bridgehead atoms. The van der Waals surface area contributed by atoms with Crippen molar-refractivity contribution in [2.24, 2.45) is 0 Å². The van der Waals surface area contributed by atoms with E-state index in [9.17, 15) is 28.5 Å². The highest BCUT2D eigenvalue weighted by Crippen LogP contribution is 2.33. The number of hydrogen-bond donors (Lipinski definition) is 4. The molecule has 1 aliphatic heterocycles. The van der Waals surface area contributed by atoms with Crippen LogP contribution in [0.15, 0.2) is 11.5 Å². The molecule has 144 valence electrons. The number of aliphatic hydroxyl groups is 3. The second-order valence-corrected chi connectivity index (χ2v) is 6.72. The number of fused-ring (bicyclic) bond motifs is 1. The second-order valence-electron chi connectivity index (χ2n) is 5.66. The number of aromatic nitrogens is 4. The van der Waals surface area contributed by atoms with Gasteiger partial charge in [-0.05, 0) is 0 Å². The van der Waals surface area contributed by atoms with Crippen LogP contribution in [0.5, 0.6) is 0 Å². The van der Waals surface area contributed by atoms with Crippen LogP contribution in [0.4, 0.5) is 19.0 Å². The van der Waals surface area contributed by atoms with Crippen molar-refractivity contribution in [2.45, 2.75) is 42.3 Å². The lowest BCUT2D eigenvalue weighted by atomic mass is 10.1. The fourth-order valence-electron chi connectivity index (χ4n) is 2.54. The van der Waals surface area contributed by atoms with Crippen molar-refractivity contribution in [1.29, 1.82) is 0 Å². The maximum Gasteiger partial charge on any atom is 0.389 e. The Morgan fingerprint density at radius 3 is 2.62 bits per heavy atom. The number of halogens is 3. The Labute approximate surface area is 149 Å². The Kier molecular flexibility index (Phi) is 5.25. The molecule has 0 aromatic carbocycles. The first-order valence-electron chi connectivity index (χ1n) is 7.53. The summed E-state index contributed by atoms with van der Waals surface area (Å²) >= 11 is 0.781. The normalized spacial score (nSPS) is 26.7. The molecule has 1 aliphatic rings. The highest BCUT2D eigenvalue weighted by molar-refractivity contribution is 7.99. The molecule has 0 radical (unpaired) electrons. The summed E-state index contributed by atoms with van der Waals surface area (Å²) in [6, 6.07) is 0. The van der Waals surface area contributed by atoms with E-state index in [0.717, 1.165) is 11.8 Å². The van der Waals surface area contributed by atoms with Crippen LogP contribution in [0.25, 0.3) is 11.2 Å². The minimum Gasteiger partial charge on any atom is -0.394 e. The lowest BCUT2D eigenvalue weighted by Gasteiger charge is -2.16. The number of rotatable bonds is 5. The fourth-order valence-corrected chi connectivity index (χ4v) is 3.37. The van der Waals surface area contributed by atoms with Gasteiger partial charge < -0.3 is 25.8 Å². The highest BCUT2D eigenvalue weighted by Gasteiger charge is 2.44. The molecule has 4 unspecified atom stereocenters. The van der Waals surface area contributed by atoms with Crippen LogP contribution in [0, 0.1) is 0 Å². The molecule has 0 saturated carbocycles. The van der Waals surface area contributed by atoms with E-state index >= 15 is 0 Å². The first-order chi connectivity index (χ1) is 12.2. The minimum absolute atomic E-state index is 0.0211. The van der Waals surface area contributed by atoms with Gasteiger partial charge in [-0.15, -0.1) is 0 Å². The van der Waals surface area contributed by atoms with Gasteiger partial charge in [-0.25, -0.2) is 15.0 Å². The lowest BCUT2D eigenvalue weighted by Crippen LogP contribution is -2.33. The maximum absolute atomic E-state index is 12.3. The van der Waals surface area contributed by atoms with E-state index in [1.54, 1.807) is 0 Å². The zero-order chi connectivity index (χ0) is 19.1. The summed E-state index contributed by atoms with van der Waals surface area (Å²) in [5, 5.41) is 29.2. The Bertz CT molecular complexity index is 789. The smallest absolute Gasteiger partial charge is 0.389 e. The van der Waals surface area contributed by atoms with Gasteiger partial charge in [0.1, 0.15) is 23.8 Å². The van der Waals surface area contributed by atoms with Gasteiger partial charge >= 0.3 is 6.18 Å². The number of ether oxygens (including phenoxy) is 1. The Morgan fingerprint density at radius 2 is 2.00 bits per heavy atom. The van der Waals surface area contributed by atoms with E-state index in [-0.39, 0.29) is 27.9 Å². The number of aliphatic hydroxyl groups excluding tert-OH is 3. The third kappa shape index (κ3) is 3.71. The van der Waals surface area contributed by atoms with Crippen LogP contribution in [-0.4, -0.2) is 71.7 Å². The molecule has 2 aromatic heterocycles. The fraction of sp³-hybridized carbons (Fsp3) is 0.615. The first kappa shape index (κ1) is 19.1. The van der Waals surface area contributed by atoms with E-state index in [1.165, 1.54) is 10.9 Å². The van der Waals surface area contributed by atoms with Crippen molar-refractivity contribution in [1.82, 2.24) is 19.5 Å². The first-order valence-corrected chi connectivity index (χ1v) is 8.52. The summed E-state index contributed by atoms with van der Waals surface area (Å²) in [6.45, 7) is -0.503. The lowest BCUT2D eigenvalue weighted by molar-refractivity contribution is -0.129. The van der Waals surface area contributed by atoms with Crippen LogP contribution in [0.1, 0.15) is 12.6 Å². The predicted octanol–water partition coefficient (Wildman–Crippen LogP) is 0.0645. The molecule has 1 saturated heterocycles. The van der Waals surface area contributed by atoms with Gasteiger partial charge in [-0.3, -0.25) is 4.57 Å². The molecule has 5 N–H and O–H groups in total. The van der Waals surface area contributed by atoms with Crippen molar-refractivity contribution >= 4 is 28.7 Å². The number of thioether (sulfide) groups is 1. The molecule has 0 spiro atoms. The average molecular weight is 395 g/mol. The van der Waals surface area contributed by atoms with E-state index in [4.69, 9.17) is 10.5 Å². The van der Waals surface area contributed by atoms with E-state index < -0.39 is 43.7 Å². The molecule has 3 rings (SSSR count). The quantitative estimate of drug-likeness (QED) is 0.409. The Balaban J connectivity index is 1.88. The second kappa shape index (κ2) is 7.15. The Morgan fingerprint density at radius 1 is 1.27 bits per heavy atom. The highest BCUT2D eigenvalue weighted by atomic mass is 32.2. The third-order valence-electron chi connectivity index (χ3n) is 3.84. The van der Waals surface area contributed by atoms with Crippen LogP contribution in [-0.2, 0) is 4.74 Å². The van der Waals surface area contributed by atoms with E-state index in [2.05, 4.69) is 15.0 Å².